The van der Waals surface area contributed by atoms with Gasteiger partial charge < -0.3 is 4.90 Å². The average Bonchev–Trinajstić information content (AvgIpc) is 3.21. The van der Waals surface area contributed by atoms with Crippen LogP contribution in [0, 0.1) is 5.92 Å². The highest BCUT2D eigenvalue weighted by molar-refractivity contribution is 5.79. The molecule has 6 nitrogen and oxygen atoms in total. The lowest BCUT2D eigenvalue weighted by molar-refractivity contribution is -0.138. The van der Waals surface area contributed by atoms with Gasteiger partial charge in [0.25, 0.3) is 0 Å². The van der Waals surface area contributed by atoms with Gasteiger partial charge in [0.1, 0.15) is 0 Å². The zero-order valence-electron chi connectivity index (χ0n) is 16.0. The van der Waals surface area contributed by atoms with E-state index < -0.39 is 0 Å². The van der Waals surface area contributed by atoms with Crippen LogP contribution in [0.15, 0.2) is 24.3 Å². The Bertz CT molecular complexity index is 687. The molecule has 6 heteroatoms. The molecule has 5 rings (SSSR count). The maximum Gasteiger partial charge on any atom is 0.225 e. The summed E-state index contributed by atoms with van der Waals surface area (Å²) in [6, 6.07) is 10.3. The van der Waals surface area contributed by atoms with Gasteiger partial charge in [-0.25, -0.2) is 10.9 Å². The summed E-state index contributed by atoms with van der Waals surface area (Å²) >= 11 is 0. The number of benzene rings is 1. The van der Waals surface area contributed by atoms with Gasteiger partial charge in [0.2, 0.25) is 5.91 Å². The van der Waals surface area contributed by atoms with Crippen LogP contribution in [-0.4, -0.2) is 53.5 Å². The third kappa shape index (κ3) is 3.51. The largest absolute Gasteiger partial charge is 0.342 e. The molecule has 1 aromatic rings. The highest BCUT2D eigenvalue weighted by Crippen LogP contribution is 2.30. The number of amides is 1. The normalized spacial score (nSPS) is 32.1. The monoisotopic (exact) mass is 369 g/mol. The van der Waals surface area contributed by atoms with Crippen molar-refractivity contribution in [3.63, 3.8) is 0 Å². The average molecular weight is 370 g/mol. The Morgan fingerprint density at radius 1 is 0.926 bits per heavy atom. The van der Waals surface area contributed by atoms with Crippen LogP contribution >= 0.6 is 0 Å². The van der Waals surface area contributed by atoms with Crippen LogP contribution in [-0.2, 0) is 17.8 Å². The van der Waals surface area contributed by atoms with Gasteiger partial charge in [-0.15, -0.1) is 0 Å². The molecule has 0 aromatic heterocycles. The molecule has 0 spiro atoms. The highest BCUT2D eigenvalue weighted by atomic mass is 16.2. The van der Waals surface area contributed by atoms with Crippen LogP contribution in [0.1, 0.15) is 43.2 Å². The highest BCUT2D eigenvalue weighted by Gasteiger charge is 2.39. The molecule has 1 amide bonds. The van der Waals surface area contributed by atoms with E-state index in [4.69, 9.17) is 0 Å². The summed E-state index contributed by atoms with van der Waals surface area (Å²) in [7, 11) is 0. The lowest BCUT2D eigenvalue weighted by atomic mass is 9.82. The molecule has 3 atom stereocenters. The summed E-state index contributed by atoms with van der Waals surface area (Å²) in [6.07, 6.45) is 6.44. The van der Waals surface area contributed by atoms with Crippen molar-refractivity contribution in [2.45, 2.75) is 63.2 Å². The summed E-state index contributed by atoms with van der Waals surface area (Å²) in [4.78, 5) is 17.8. The number of likely N-dealkylation sites (tertiary alicyclic amines) is 1. The van der Waals surface area contributed by atoms with Gasteiger partial charge in [-0.3, -0.25) is 9.69 Å². The number of rotatable bonds is 2. The van der Waals surface area contributed by atoms with Crippen LogP contribution in [0.3, 0.4) is 0 Å². The van der Waals surface area contributed by atoms with E-state index in [1.165, 1.54) is 11.1 Å². The van der Waals surface area contributed by atoms with Crippen LogP contribution in [0.2, 0.25) is 0 Å². The van der Waals surface area contributed by atoms with Gasteiger partial charge >= 0.3 is 0 Å². The quantitative estimate of drug-likeness (QED) is 0.731. The van der Waals surface area contributed by atoms with Gasteiger partial charge in [0.15, 0.2) is 0 Å². The summed E-state index contributed by atoms with van der Waals surface area (Å²) in [5, 5.41) is 0. The second kappa shape index (κ2) is 7.51. The number of carbonyl (C=O) groups excluding carboxylic acids is 1. The Balaban J connectivity index is 1.14. The predicted octanol–water partition coefficient (Wildman–Crippen LogP) is 1.19. The fourth-order valence-electron chi connectivity index (χ4n) is 5.49. The Morgan fingerprint density at radius 3 is 2.56 bits per heavy atom. The van der Waals surface area contributed by atoms with Crippen molar-refractivity contribution in [3.8, 4) is 0 Å². The minimum absolute atomic E-state index is 0.193. The SMILES string of the molecule is O=C(C1CCC2NNNC2C1)N1CCC(N2CCc3ccccc3C2)CC1. The first-order valence-corrected chi connectivity index (χ1v) is 10.6. The molecule has 1 aromatic carbocycles. The molecule has 3 aliphatic heterocycles. The van der Waals surface area contributed by atoms with Crippen molar-refractivity contribution in [3.05, 3.63) is 35.4 Å². The summed E-state index contributed by atoms with van der Waals surface area (Å²) in [5.74, 6) is 0.587. The standard InChI is InChI=1S/C21H31N5O/c27-21(16-5-6-19-20(13-16)23-24-22-19)25-11-8-18(9-12-25)26-10-7-15-3-1-2-4-17(15)14-26/h1-4,16,18-20,22-24H,5-14H2. The maximum absolute atomic E-state index is 13.0. The molecule has 3 fully saturated rings. The first-order chi connectivity index (χ1) is 13.3. The van der Waals surface area contributed by atoms with Crippen LogP contribution in [0.5, 0.6) is 0 Å². The number of piperidine rings is 1. The minimum atomic E-state index is 0.193. The number of nitrogens with zero attached hydrogens (tertiary/aromatic N) is 2. The van der Waals surface area contributed by atoms with Gasteiger partial charge in [0.05, 0.1) is 0 Å². The Labute approximate surface area is 161 Å². The minimum Gasteiger partial charge on any atom is -0.342 e. The predicted molar refractivity (Wildman–Crippen MR) is 104 cm³/mol. The fraction of sp³-hybridized carbons (Fsp3) is 0.667. The summed E-state index contributed by atoms with van der Waals surface area (Å²) < 4.78 is 0. The van der Waals surface area contributed by atoms with Crippen molar-refractivity contribution >= 4 is 5.91 Å². The Hall–Kier alpha value is -1.47. The van der Waals surface area contributed by atoms with Crippen molar-refractivity contribution in [2.75, 3.05) is 19.6 Å². The molecule has 27 heavy (non-hydrogen) atoms. The molecule has 0 bridgehead atoms. The first-order valence-electron chi connectivity index (χ1n) is 10.6. The Morgan fingerprint density at radius 2 is 1.70 bits per heavy atom. The second-order valence-corrected chi connectivity index (χ2v) is 8.68. The zero-order chi connectivity index (χ0) is 18.2. The van der Waals surface area contributed by atoms with Gasteiger partial charge in [-0.2, -0.15) is 5.53 Å². The summed E-state index contributed by atoms with van der Waals surface area (Å²) in [6.45, 7) is 4.09. The van der Waals surface area contributed by atoms with Gasteiger partial charge in [-0.1, -0.05) is 24.3 Å². The molecule has 0 radical (unpaired) electrons. The maximum atomic E-state index is 13.0. The number of hydrogen-bond donors (Lipinski definition) is 3. The number of nitrogens with one attached hydrogen (secondary N) is 3. The van der Waals surface area contributed by atoms with Crippen molar-refractivity contribution in [1.82, 2.24) is 26.2 Å². The molecule has 1 saturated carbocycles. The van der Waals surface area contributed by atoms with E-state index in [9.17, 15) is 4.79 Å². The molecular formula is C21H31N5O. The number of fused-ring (bicyclic) bond motifs is 2. The van der Waals surface area contributed by atoms with Crippen molar-refractivity contribution < 1.29 is 4.79 Å². The van der Waals surface area contributed by atoms with E-state index in [0.717, 1.165) is 64.7 Å². The molecule has 2 saturated heterocycles. The smallest absolute Gasteiger partial charge is 0.225 e. The molecule has 3 unspecified atom stereocenters. The van der Waals surface area contributed by atoms with E-state index in [2.05, 4.69) is 50.5 Å². The van der Waals surface area contributed by atoms with E-state index in [1.54, 1.807) is 0 Å². The summed E-state index contributed by atoms with van der Waals surface area (Å²) in [5.41, 5.74) is 12.5. The van der Waals surface area contributed by atoms with Gasteiger partial charge in [-0.05, 0) is 49.7 Å². The molecule has 3 N–H and O–H groups in total. The van der Waals surface area contributed by atoms with E-state index in [1.807, 2.05) is 0 Å². The lowest BCUT2D eigenvalue weighted by Crippen LogP contribution is -2.51. The van der Waals surface area contributed by atoms with Crippen LogP contribution in [0.25, 0.3) is 0 Å². The molecular weight excluding hydrogens is 338 g/mol. The Kier molecular flexibility index (Phi) is 4.90. The molecule has 1 aliphatic carbocycles. The lowest BCUT2D eigenvalue weighted by Gasteiger charge is -2.42. The van der Waals surface area contributed by atoms with Gasteiger partial charge in [0, 0.05) is 50.2 Å². The second-order valence-electron chi connectivity index (χ2n) is 8.68. The fourth-order valence-corrected chi connectivity index (χ4v) is 5.49. The van der Waals surface area contributed by atoms with Crippen molar-refractivity contribution in [2.24, 2.45) is 5.92 Å². The molecule has 146 valence electrons. The number of carbonyl (C=O) groups is 1. The van der Waals surface area contributed by atoms with E-state index in [-0.39, 0.29) is 5.92 Å². The number of hydrogen-bond acceptors (Lipinski definition) is 5. The molecule has 4 aliphatic rings. The molecule has 3 heterocycles. The third-order valence-electron chi connectivity index (χ3n) is 7.17. The van der Waals surface area contributed by atoms with E-state index in [0.29, 0.717) is 24.0 Å². The number of hydrazine groups is 2. The third-order valence-corrected chi connectivity index (χ3v) is 7.17. The zero-order valence-corrected chi connectivity index (χ0v) is 16.0. The van der Waals surface area contributed by atoms with Crippen LogP contribution in [0.4, 0.5) is 0 Å². The topological polar surface area (TPSA) is 59.6 Å². The first kappa shape index (κ1) is 17.6. The van der Waals surface area contributed by atoms with Crippen LogP contribution < -0.4 is 16.4 Å². The van der Waals surface area contributed by atoms with Crippen molar-refractivity contribution in [1.29, 1.82) is 0 Å². The van der Waals surface area contributed by atoms with E-state index >= 15 is 0 Å².